The predicted molar refractivity (Wildman–Crippen MR) is 79.7 cm³/mol. The molecule has 19 heavy (non-hydrogen) atoms. The van der Waals surface area contributed by atoms with Crippen molar-refractivity contribution < 1.29 is 8.42 Å². The lowest BCUT2D eigenvalue weighted by Gasteiger charge is -2.28. The van der Waals surface area contributed by atoms with E-state index in [1.165, 1.54) is 12.1 Å². The summed E-state index contributed by atoms with van der Waals surface area (Å²) in [5.41, 5.74) is 5.26. The lowest BCUT2D eigenvalue weighted by Crippen LogP contribution is -2.51. The second-order valence-corrected chi connectivity index (χ2v) is 7.82. The van der Waals surface area contributed by atoms with Crippen molar-refractivity contribution in [3.8, 4) is 0 Å². The molecule has 4 nitrogen and oxygen atoms in total. The minimum Gasteiger partial charge on any atom is -0.329 e. The minimum atomic E-state index is -3.57. The summed E-state index contributed by atoms with van der Waals surface area (Å²) >= 11 is 9.11. The molecule has 0 amide bonds. The van der Waals surface area contributed by atoms with Crippen molar-refractivity contribution >= 4 is 37.6 Å². The molecular weight excluding hydrogens is 352 g/mol. The van der Waals surface area contributed by atoms with E-state index < -0.39 is 15.6 Å². The molecule has 1 aliphatic rings. The van der Waals surface area contributed by atoms with Gasteiger partial charge in [-0.05, 0) is 47.0 Å². The van der Waals surface area contributed by atoms with Gasteiger partial charge in [0, 0.05) is 16.6 Å². The van der Waals surface area contributed by atoms with Gasteiger partial charge in [-0.3, -0.25) is 0 Å². The number of nitrogens with one attached hydrogen (secondary N) is 1. The van der Waals surface area contributed by atoms with Crippen LogP contribution in [0.15, 0.2) is 27.6 Å². The van der Waals surface area contributed by atoms with E-state index in [2.05, 4.69) is 20.7 Å². The van der Waals surface area contributed by atoms with E-state index >= 15 is 0 Å². The first-order valence-electron chi connectivity index (χ1n) is 6.08. The van der Waals surface area contributed by atoms with Crippen molar-refractivity contribution in [2.24, 2.45) is 5.73 Å². The van der Waals surface area contributed by atoms with Crippen molar-refractivity contribution in [3.63, 3.8) is 0 Å². The Hall–Kier alpha value is -0.140. The summed E-state index contributed by atoms with van der Waals surface area (Å²) in [6.45, 7) is 0.320. The van der Waals surface area contributed by atoms with Gasteiger partial charge in [-0.2, -0.15) is 0 Å². The zero-order valence-corrected chi connectivity index (χ0v) is 13.5. The average molecular weight is 368 g/mol. The maximum atomic E-state index is 12.4. The van der Waals surface area contributed by atoms with Gasteiger partial charge in [-0.15, -0.1) is 0 Å². The summed E-state index contributed by atoms with van der Waals surface area (Å²) < 4.78 is 28.1. The molecule has 1 fully saturated rings. The van der Waals surface area contributed by atoms with Crippen LogP contribution in [0.25, 0.3) is 0 Å². The summed E-state index contributed by atoms with van der Waals surface area (Å²) in [6.07, 6.45) is 3.59. The standard InChI is InChI=1S/C12H16BrClN2O2S/c13-10-7-9(3-4-11(10)14)19(17,18)16-12(8-15)5-1-2-6-12/h3-4,7,16H,1-2,5-6,8,15H2. The van der Waals surface area contributed by atoms with Gasteiger partial charge in [0.25, 0.3) is 0 Å². The quantitative estimate of drug-likeness (QED) is 0.859. The zero-order valence-electron chi connectivity index (χ0n) is 10.3. The van der Waals surface area contributed by atoms with Crippen molar-refractivity contribution in [1.82, 2.24) is 4.72 Å². The van der Waals surface area contributed by atoms with Crippen LogP contribution in [0.2, 0.25) is 5.02 Å². The van der Waals surface area contributed by atoms with E-state index in [4.69, 9.17) is 17.3 Å². The molecule has 0 heterocycles. The number of nitrogens with two attached hydrogens (primary N) is 1. The first-order valence-corrected chi connectivity index (χ1v) is 8.73. The SMILES string of the molecule is NCC1(NS(=O)(=O)c2ccc(Cl)c(Br)c2)CCCC1. The van der Waals surface area contributed by atoms with Gasteiger partial charge in [0.05, 0.1) is 9.92 Å². The fourth-order valence-corrected chi connectivity index (χ4v) is 4.53. The molecule has 1 aromatic carbocycles. The van der Waals surface area contributed by atoms with Crippen molar-refractivity contribution in [2.75, 3.05) is 6.54 Å². The number of sulfonamides is 1. The Bertz CT molecular complexity index is 571. The summed E-state index contributed by atoms with van der Waals surface area (Å²) in [6, 6.07) is 4.56. The smallest absolute Gasteiger partial charge is 0.241 e. The number of hydrogen-bond acceptors (Lipinski definition) is 3. The molecule has 7 heteroatoms. The maximum Gasteiger partial charge on any atom is 0.241 e. The number of hydrogen-bond donors (Lipinski definition) is 2. The highest BCUT2D eigenvalue weighted by atomic mass is 79.9. The molecular formula is C12H16BrClN2O2S. The van der Waals surface area contributed by atoms with Gasteiger partial charge in [-0.25, -0.2) is 13.1 Å². The number of rotatable bonds is 4. The Labute approximate surface area is 126 Å². The van der Waals surface area contributed by atoms with E-state index in [9.17, 15) is 8.42 Å². The zero-order chi connectivity index (χ0) is 14.1. The van der Waals surface area contributed by atoms with E-state index in [0.29, 0.717) is 16.0 Å². The molecule has 0 aliphatic heterocycles. The van der Waals surface area contributed by atoms with E-state index in [1.54, 1.807) is 6.07 Å². The third kappa shape index (κ3) is 3.31. The molecule has 106 valence electrons. The molecule has 0 aromatic heterocycles. The van der Waals surface area contributed by atoms with Crippen molar-refractivity contribution in [1.29, 1.82) is 0 Å². The molecule has 2 rings (SSSR count). The van der Waals surface area contributed by atoms with Gasteiger partial charge in [0.15, 0.2) is 0 Å². The molecule has 3 N–H and O–H groups in total. The van der Waals surface area contributed by atoms with Gasteiger partial charge >= 0.3 is 0 Å². The summed E-state index contributed by atoms with van der Waals surface area (Å²) in [4.78, 5) is 0.198. The minimum absolute atomic E-state index is 0.198. The van der Waals surface area contributed by atoms with Crippen molar-refractivity contribution in [3.05, 3.63) is 27.7 Å². The lowest BCUT2D eigenvalue weighted by molar-refractivity contribution is 0.399. The van der Waals surface area contributed by atoms with Crippen LogP contribution in [0, 0.1) is 0 Å². The Morgan fingerprint density at radius 2 is 2.00 bits per heavy atom. The number of halogens is 2. The van der Waals surface area contributed by atoms with Crippen LogP contribution in [-0.4, -0.2) is 20.5 Å². The summed E-state index contributed by atoms with van der Waals surface area (Å²) in [5.74, 6) is 0. The van der Waals surface area contributed by atoms with Crippen molar-refractivity contribution in [2.45, 2.75) is 36.1 Å². The molecule has 0 saturated heterocycles. The molecule has 1 aliphatic carbocycles. The summed E-state index contributed by atoms with van der Waals surface area (Å²) in [7, 11) is -3.57. The Kier molecular flexibility index (Phi) is 4.57. The van der Waals surface area contributed by atoms with Gasteiger partial charge < -0.3 is 5.73 Å². The largest absolute Gasteiger partial charge is 0.329 e. The molecule has 0 unspecified atom stereocenters. The highest BCUT2D eigenvalue weighted by Crippen LogP contribution is 2.31. The Morgan fingerprint density at radius 3 is 2.53 bits per heavy atom. The van der Waals surface area contributed by atoms with Crippen LogP contribution in [0.5, 0.6) is 0 Å². The van der Waals surface area contributed by atoms with E-state index in [0.717, 1.165) is 25.7 Å². The molecule has 0 bridgehead atoms. The summed E-state index contributed by atoms with van der Waals surface area (Å²) in [5, 5.41) is 0.480. The second-order valence-electron chi connectivity index (χ2n) is 4.87. The molecule has 0 radical (unpaired) electrons. The van der Waals surface area contributed by atoms with Crippen LogP contribution in [0.3, 0.4) is 0 Å². The first kappa shape index (κ1) is 15.3. The fraction of sp³-hybridized carbons (Fsp3) is 0.500. The molecule has 1 saturated carbocycles. The molecule has 0 spiro atoms. The average Bonchev–Trinajstić information content (AvgIpc) is 2.81. The van der Waals surface area contributed by atoms with Crippen LogP contribution in [0.4, 0.5) is 0 Å². The van der Waals surface area contributed by atoms with Crippen LogP contribution in [0.1, 0.15) is 25.7 Å². The highest BCUT2D eigenvalue weighted by molar-refractivity contribution is 9.10. The molecule has 1 aromatic rings. The third-order valence-electron chi connectivity index (χ3n) is 3.50. The van der Waals surface area contributed by atoms with Crippen LogP contribution < -0.4 is 10.5 Å². The van der Waals surface area contributed by atoms with Gasteiger partial charge in [0.2, 0.25) is 10.0 Å². The van der Waals surface area contributed by atoms with Gasteiger partial charge in [-0.1, -0.05) is 24.4 Å². The first-order chi connectivity index (χ1) is 8.88. The third-order valence-corrected chi connectivity index (χ3v) is 6.29. The maximum absolute atomic E-state index is 12.4. The fourth-order valence-electron chi connectivity index (χ4n) is 2.39. The highest BCUT2D eigenvalue weighted by Gasteiger charge is 2.36. The Balaban J connectivity index is 2.29. The monoisotopic (exact) mass is 366 g/mol. The topological polar surface area (TPSA) is 72.2 Å². The van der Waals surface area contributed by atoms with E-state index in [-0.39, 0.29) is 4.90 Å². The number of benzene rings is 1. The lowest BCUT2D eigenvalue weighted by atomic mass is 10.0. The normalized spacial score (nSPS) is 18.7. The Morgan fingerprint density at radius 1 is 1.37 bits per heavy atom. The predicted octanol–water partition coefficient (Wildman–Crippen LogP) is 2.65. The molecule has 0 atom stereocenters. The van der Waals surface area contributed by atoms with E-state index in [1.807, 2.05) is 0 Å². The van der Waals surface area contributed by atoms with Crippen LogP contribution in [-0.2, 0) is 10.0 Å². The van der Waals surface area contributed by atoms with Gasteiger partial charge in [0.1, 0.15) is 0 Å². The van der Waals surface area contributed by atoms with Crippen LogP contribution >= 0.6 is 27.5 Å². The second kappa shape index (κ2) is 5.69.